The number of nitrogens with one attached hydrogen (secondary N) is 1. The number of fused-ring (bicyclic) bond motifs is 3. The fourth-order valence-electron chi connectivity index (χ4n) is 7.39. The predicted octanol–water partition coefficient (Wildman–Crippen LogP) is 13.5. The van der Waals surface area contributed by atoms with E-state index in [-0.39, 0.29) is 0 Å². The van der Waals surface area contributed by atoms with E-state index in [4.69, 9.17) is 0 Å². The highest BCUT2D eigenvalue weighted by atomic mass is 15.1. The van der Waals surface area contributed by atoms with Crippen molar-refractivity contribution in [2.45, 2.75) is 0 Å². The molecule has 0 unspecified atom stereocenters. The summed E-state index contributed by atoms with van der Waals surface area (Å²) in [4.78, 5) is 6.35. The van der Waals surface area contributed by atoms with Crippen molar-refractivity contribution in [3.63, 3.8) is 0 Å². The lowest BCUT2D eigenvalue weighted by molar-refractivity contribution is 1.28. The number of nitrogens with zero attached hydrogens (tertiary/aromatic N) is 1. The van der Waals surface area contributed by atoms with Gasteiger partial charge in [0.25, 0.3) is 0 Å². The summed E-state index contributed by atoms with van der Waals surface area (Å²) in [6.07, 6.45) is 0. The largest absolute Gasteiger partial charge is 0.354 e. The standard InChI is InChI=1S/C48H34N2/c1-5-18-34(19-6-1)38-26-14-16-31-45(38)50(37-24-11-4-12-25-37)48-40(36-22-9-3-10-23-36)28-17-29-43(48)46-39(35-20-7-2-8-21-35)32-33-42-41-27-13-15-30-44(41)49-47(42)46/h1-33,49H. The Labute approximate surface area is 292 Å². The number of hydrogen-bond donors (Lipinski definition) is 1. The third kappa shape index (κ3) is 5.15. The van der Waals surface area contributed by atoms with E-state index in [1.165, 1.54) is 33.0 Å². The zero-order chi connectivity index (χ0) is 33.3. The highest BCUT2D eigenvalue weighted by molar-refractivity contribution is 6.17. The van der Waals surface area contributed by atoms with Gasteiger partial charge < -0.3 is 9.88 Å². The summed E-state index contributed by atoms with van der Waals surface area (Å²) in [5.74, 6) is 0. The number of benzene rings is 8. The van der Waals surface area contributed by atoms with Crippen LogP contribution in [0.2, 0.25) is 0 Å². The van der Waals surface area contributed by atoms with Crippen LogP contribution in [0.25, 0.3) is 66.3 Å². The molecule has 9 aromatic rings. The van der Waals surface area contributed by atoms with Crippen LogP contribution in [-0.4, -0.2) is 4.98 Å². The molecule has 0 atom stereocenters. The summed E-state index contributed by atoms with van der Waals surface area (Å²) in [5, 5.41) is 2.43. The number of anilines is 3. The average molecular weight is 639 g/mol. The number of rotatable bonds is 7. The lowest BCUT2D eigenvalue weighted by Gasteiger charge is -2.32. The molecule has 0 fully saturated rings. The molecule has 0 aliphatic heterocycles. The molecular weight excluding hydrogens is 605 g/mol. The van der Waals surface area contributed by atoms with Gasteiger partial charge in [0, 0.05) is 44.2 Å². The van der Waals surface area contributed by atoms with E-state index in [1.54, 1.807) is 0 Å². The lowest BCUT2D eigenvalue weighted by atomic mass is 9.88. The third-order valence-corrected chi connectivity index (χ3v) is 9.62. The van der Waals surface area contributed by atoms with Gasteiger partial charge >= 0.3 is 0 Å². The van der Waals surface area contributed by atoms with Crippen LogP contribution in [0.4, 0.5) is 17.1 Å². The molecule has 0 saturated carbocycles. The zero-order valence-corrected chi connectivity index (χ0v) is 27.5. The second-order valence-electron chi connectivity index (χ2n) is 12.6. The van der Waals surface area contributed by atoms with E-state index in [0.717, 1.165) is 50.3 Å². The highest BCUT2D eigenvalue weighted by Crippen LogP contribution is 2.52. The molecule has 1 N–H and O–H groups in total. The Balaban J connectivity index is 1.45. The van der Waals surface area contributed by atoms with Gasteiger partial charge in [-0.05, 0) is 46.5 Å². The maximum absolute atomic E-state index is 3.88. The van der Waals surface area contributed by atoms with Gasteiger partial charge in [-0.15, -0.1) is 0 Å². The Morgan fingerprint density at radius 2 is 0.860 bits per heavy atom. The summed E-state index contributed by atoms with van der Waals surface area (Å²) in [7, 11) is 0. The minimum absolute atomic E-state index is 1.09. The van der Waals surface area contributed by atoms with Crippen molar-refractivity contribution in [1.29, 1.82) is 0 Å². The van der Waals surface area contributed by atoms with Crippen molar-refractivity contribution < 1.29 is 0 Å². The van der Waals surface area contributed by atoms with Gasteiger partial charge in [-0.1, -0.05) is 176 Å². The molecule has 0 radical (unpaired) electrons. The maximum Gasteiger partial charge on any atom is 0.0619 e. The first-order chi connectivity index (χ1) is 24.8. The van der Waals surface area contributed by atoms with Crippen LogP contribution in [0.5, 0.6) is 0 Å². The Hall–Kier alpha value is -6.64. The van der Waals surface area contributed by atoms with E-state index in [0.29, 0.717) is 0 Å². The molecular formula is C48H34N2. The SMILES string of the molecule is c1ccc(-c2ccccc2N(c2ccccc2)c2c(-c3ccccc3)cccc2-c2c(-c3ccccc3)ccc3c2[nH]c2ccccc23)cc1. The number of para-hydroxylation sites is 4. The Bertz CT molecular complexity index is 2570. The molecule has 0 spiro atoms. The van der Waals surface area contributed by atoms with Crippen LogP contribution in [0, 0.1) is 0 Å². The van der Waals surface area contributed by atoms with Gasteiger partial charge in [0.1, 0.15) is 0 Å². The summed E-state index contributed by atoms with van der Waals surface area (Å²) in [6.45, 7) is 0. The Kier molecular flexibility index (Phi) is 7.53. The van der Waals surface area contributed by atoms with Crippen LogP contribution in [0.15, 0.2) is 200 Å². The Morgan fingerprint density at radius 3 is 1.56 bits per heavy atom. The smallest absolute Gasteiger partial charge is 0.0619 e. The first-order valence-electron chi connectivity index (χ1n) is 17.1. The average Bonchev–Trinajstić information content (AvgIpc) is 3.58. The summed E-state index contributed by atoms with van der Waals surface area (Å²) >= 11 is 0. The van der Waals surface area contributed by atoms with Crippen molar-refractivity contribution >= 4 is 38.9 Å². The minimum Gasteiger partial charge on any atom is -0.354 e. The highest BCUT2D eigenvalue weighted by Gasteiger charge is 2.26. The van der Waals surface area contributed by atoms with Gasteiger partial charge in [-0.2, -0.15) is 0 Å². The monoisotopic (exact) mass is 638 g/mol. The van der Waals surface area contributed by atoms with Crippen molar-refractivity contribution in [1.82, 2.24) is 4.98 Å². The van der Waals surface area contributed by atoms with Gasteiger partial charge in [0.05, 0.1) is 16.9 Å². The van der Waals surface area contributed by atoms with Crippen LogP contribution in [0.1, 0.15) is 0 Å². The van der Waals surface area contributed by atoms with Crippen LogP contribution >= 0.6 is 0 Å². The van der Waals surface area contributed by atoms with Crippen LogP contribution in [-0.2, 0) is 0 Å². The third-order valence-electron chi connectivity index (χ3n) is 9.62. The number of aromatic nitrogens is 1. The number of hydrogen-bond acceptors (Lipinski definition) is 1. The van der Waals surface area contributed by atoms with Crippen molar-refractivity contribution in [2.24, 2.45) is 0 Å². The molecule has 1 heterocycles. The van der Waals surface area contributed by atoms with Gasteiger partial charge in [0.15, 0.2) is 0 Å². The molecule has 8 aromatic carbocycles. The molecule has 0 bridgehead atoms. The topological polar surface area (TPSA) is 19.0 Å². The first kappa shape index (κ1) is 29.5. The molecule has 0 aliphatic carbocycles. The van der Waals surface area contributed by atoms with Gasteiger partial charge in [0.2, 0.25) is 0 Å². The maximum atomic E-state index is 3.88. The summed E-state index contributed by atoms with van der Waals surface area (Å²) in [6, 6.07) is 71.8. The lowest BCUT2D eigenvalue weighted by Crippen LogP contribution is -2.14. The van der Waals surface area contributed by atoms with Crippen molar-refractivity contribution in [3.05, 3.63) is 200 Å². The van der Waals surface area contributed by atoms with Crippen LogP contribution < -0.4 is 4.90 Å². The fourth-order valence-corrected chi connectivity index (χ4v) is 7.39. The number of H-pyrrole nitrogens is 1. The van der Waals surface area contributed by atoms with E-state index in [9.17, 15) is 0 Å². The van der Waals surface area contributed by atoms with Crippen molar-refractivity contribution in [2.75, 3.05) is 4.90 Å². The molecule has 0 amide bonds. The molecule has 236 valence electrons. The van der Waals surface area contributed by atoms with Crippen LogP contribution in [0.3, 0.4) is 0 Å². The quantitative estimate of drug-likeness (QED) is 0.184. The first-order valence-corrected chi connectivity index (χ1v) is 17.1. The van der Waals surface area contributed by atoms with E-state index in [1.807, 2.05) is 0 Å². The molecule has 2 heteroatoms. The normalized spacial score (nSPS) is 11.2. The second-order valence-corrected chi connectivity index (χ2v) is 12.6. The van der Waals surface area contributed by atoms with Crippen molar-refractivity contribution in [3.8, 4) is 44.5 Å². The molecule has 9 rings (SSSR count). The molecule has 0 saturated heterocycles. The predicted molar refractivity (Wildman–Crippen MR) is 212 cm³/mol. The van der Waals surface area contributed by atoms with E-state index in [2.05, 4.69) is 210 Å². The molecule has 0 aliphatic rings. The fraction of sp³-hybridized carbons (Fsp3) is 0. The van der Waals surface area contributed by atoms with Gasteiger partial charge in [-0.25, -0.2) is 0 Å². The second kappa shape index (κ2) is 12.8. The summed E-state index contributed by atoms with van der Waals surface area (Å²) < 4.78 is 0. The van der Waals surface area contributed by atoms with E-state index < -0.39 is 0 Å². The Morgan fingerprint density at radius 1 is 0.340 bits per heavy atom. The molecule has 50 heavy (non-hydrogen) atoms. The van der Waals surface area contributed by atoms with Gasteiger partial charge in [-0.3, -0.25) is 0 Å². The number of aromatic amines is 1. The minimum atomic E-state index is 1.09. The zero-order valence-electron chi connectivity index (χ0n) is 27.5. The summed E-state index contributed by atoms with van der Waals surface area (Å²) in [5.41, 5.74) is 14.9. The van der Waals surface area contributed by atoms with E-state index >= 15 is 0 Å². The molecule has 2 nitrogen and oxygen atoms in total. The molecule has 1 aromatic heterocycles.